The predicted molar refractivity (Wildman–Crippen MR) is 59.2 cm³/mol. The van der Waals surface area contributed by atoms with Crippen molar-refractivity contribution in [2.24, 2.45) is 17.4 Å². The smallest absolute Gasteiger partial charge is 0.181 e. The van der Waals surface area contributed by atoms with E-state index >= 15 is 0 Å². The summed E-state index contributed by atoms with van der Waals surface area (Å²) in [5.41, 5.74) is 14.3. The normalized spacial score (nSPS) is 15.4. The number of rotatable bonds is 3. The summed E-state index contributed by atoms with van der Waals surface area (Å²) in [5.74, 6) is 0.255. The highest BCUT2D eigenvalue weighted by molar-refractivity contribution is 5.72. The maximum absolute atomic E-state index is 6.07. The van der Waals surface area contributed by atoms with Crippen LogP contribution in [0.15, 0.2) is 29.0 Å². The third kappa shape index (κ3) is 1.86. The lowest BCUT2D eigenvalue weighted by atomic mass is 9.95. The monoisotopic (exact) mass is 205 g/mol. The van der Waals surface area contributed by atoms with E-state index in [4.69, 9.17) is 15.9 Å². The molecule has 0 saturated heterocycles. The standard InChI is InChI=1S/C11H15N3O/c1-7(5-12)11(13)8-2-3-9-10(4-8)15-6-14-9/h2-4,6-7,11H,5,12-13H2,1H3. The fourth-order valence-electron chi connectivity index (χ4n) is 1.55. The number of benzene rings is 1. The number of fused-ring (bicyclic) bond motifs is 1. The third-order valence-corrected chi connectivity index (χ3v) is 2.73. The molecular weight excluding hydrogens is 190 g/mol. The highest BCUT2D eigenvalue weighted by Gasteiger charge is 2.14. The topological polar surface area (TPSA) is 78.1 Å². The Balaban J connectivity index is 2.35. The first-order valence-electron chi connectivity index (χ1n) is 5.01. The molecule has 1 heterocycles. The molecule has 2 aromatic rings. The Morgan fingerprint density at radius 2 is 2.27 bits per heavy atom. The highest BCUT2D eigenvalue weighted by Crippen LogP contribution is 2.22. The van der Waals surface area contributed by atoms with Crippen molar-refractivity contribution in [3.8, 4) is 0 Å². The first-order chi connectivity index (χ1) is 7.22. The maximum atomic E-state index is 6.07. The Labute approximate surface area is 88.3 Å². The Morgan fingerprint density at radius 1 is 1.47 bits per heavy atom. The van der Waals surface area contributed by atoms with Crippen LogP contribution in [0.3, 0.4) is 0 Å². The maximum Gasteiger partial charge on any atom is 0.181 e. The average Bonchev–Trinajstić information content (AvgIpc) is 2.73. The second-order valence-corrected chi connectivity index (χ2v) is 3.82. The lowest BCUT2D eigenvalue weighted by molar-refractivity contribution is 0.481. The van der Waals surface area contributed by atoms with Crippen LogP contribution in [0.1, 0.15) is 18.5 Å². The first kappa shape index (κ1) is 10.1. The van der Waals surface area contributed by atoms with Crippen LogP contribution in [0.5, 0.6) is 0 Å². The molecule has 2 rings (SSSR count). The SMILES string of the molecule is CC(CN)C(N)c1ccc2ncoc2c1. The van der Waals surface area contributed by atoms with Crippen molar-refractivity contribution in [2.75, 3.05) is 6.54 Å². The molecule has 0 amide bonds. The zero-order valence-electron chi connectivity index (χ0n) is 8.68. The van der Waals surface area contributed by atoms with Gasteiger partial charge in [0, 0.05) is 6.04 Å². The molecule has 4 nitrogen and oxygen atoms in total. The number of nitrogens with two attached hydrogens (primary N) is 2. The molecule has 1 aromatic heterocycles. The van der Waals surface area contributed by atoms with Crippen molar-refractivity contribution in [3.05, 3.63) is 30.2 Å². The predicted octanol–water partition coefficient (Wildman–Crippen LogP) is 1.42. The van der Waals surface area contributed by atoms with Crippen molar-refractivity contribution in [2.45, 2.75) is 13.0 Å². The molecule has 0 aliphatic heterocycles. The quantitative estimate of drug-likeness (QED) is 0.794. The van der Waals surface area contributed by atoms with Gasteiger partial charge in [-0.05, 0) is 30.2 Å². The van der Waals surface area contributed by atoms with E-state index in [2.05, 4.69) is 4.98 Å². The fraction of sp³-hybridized carbons (Fsp3) is 0.364. The molecule has 0 spiro atoms. The zero-order valence-corrected chi connectivity index (χ0v) is 8.68. The van der Waals surface area contributed by atoms with Gasteiger partial charge in [0.2, 0.25) is 0 Å². The van der Waals surface area contributed by atoms with Gasteiger partial charge < -0.3 is 15.9 Å². The number of oxazole rings is 1. The fourth-order valence-corrected chi connectivity index (χ4v) is 1.55. The molecule has 0 bridgehead atoms. The van der Waals surface area contributed by atoms with E-state index in [0.29, 0.717) is 6.54 Å². The summed E-state index contributed by atoms with van der Waals surface area (Å²) in [4.78, 5) is 4.05. The summed E-state index contributed by atoms with van der Waals surface area (Å²) >= 11 is 0. The van der Waals surface area contributed by atoms with Crippen molar-refractivity contribution < 1.29 is 4.42 Å². The largest absolute Gasteiger partial charge is 0.443 e. The second kappa shape index (κ2) is 4.00. The van der Waals surface area contributed by atoms with Crippen molar-refractivity contribution in [1.29, 1.82) is 0 Å². The molecule has 0 fully saturated rings. The molecule has 15 heavy (non-hydrogen) atoms. The number of hydrogen-bond donors (Lipinski definition) is 2. The molecule has 80 valence electrons. The summed E-state index contributed by atoms with van der Waals surface area (Å²) in [7, 11) is 0. The van der Waals surface area contributed by atoms with Gasteiger partial charge in [-0.15, -0.1) is 0 Å². The molecule has 4 N–H and O–H groups in total. The van der Waals surface area contributed by atoms with Gasteiger partial charge in [0.15, 0.2) is 12.0 Å². The third-order valence-electron chi connectivity index (χ3n) is 2.73. The summed E-state index contributed by atoms with van der Waals surface area (Å²) in [6, 6.07) is 5.77. The molecule has 4 heteroatoms. The summed E-state index contributed by atoms with van der Waals surface area (Å²) in [5, 5.41) is 0. The zero-order chi connectivity index (χ0) is 10.8. The van der Waals surface area contributed by atoms with Crippen LogP contribution in [0, 0.1) is 5.92 Å². The molecule has 2 unspecified atom stereocenters. The van der Waals surface area contributed by atoms with E-state index in [1.165, 1.54) is 6.39 Å². The van der Waals surface area contributed by atoms with E-state index in [1.807, 2.05) is 25.1 Å². The van der Waals surface area contributed by atoms with Crippen LogP contribution in [0.25, 0.3) is 11.1 Å². The van der Waals surface area contributed by atoms with Gasteiger partial charge in [-0.3, -0.25) is 0 Å². The van der Waals surface area contributed by atoms with Gasteiger partial charge in [0.05, 0.1) is 0 Å². The van der Waals surface area contributed by atoms with E-state index < -0.39 is 0 Å². The van der Waals surface area contributed by atoms with Gasteiger partial charge in [0.1, 0.15) is 5.52 Å². The molecule has 0 aliphatic rings. The Hall–Kier alpha value is -1.39. The summed E-state index contributed by atoms with van der Waals surface area (Å²) in [6.07, 6.45) is 1.44. The van der Waals surface area contributed by atoms with Gasteiger partial charge in [-0.25, -0.2) is 4.98 Å². The Kier molecular flexibility index (Phi) is 2.70. The molecule has 0 aliphatic carbocycles. The minimum atomic E-state index is -0.0514. The average molecular weight is 205 g/mol. The van der Waals surface area contributed by atoms with E-state index in [1.54, 1.807) is 0 Å². The first-order valence-corrected chi connectivity index (χ1v) is 5.01. The van der Waals surface area contributed by atoms with E-state index in [9.17, 15) is 0 Å². The van der Waals surface area contributed by atoms with Gasteiger partial charge in [-0.2, -0.15) is 0 Å². The molecule has 0 saturated carbocycles. The van der Waals surface area contributed by atoms with Crippen LogP contribution in [-0.4, -0.2) is 11.5 Å². The minimum Gasteiger partial charge on any atom is -0.443 e. The molecule has 2 atom stereocenters. The second-order valence-electron chi connectivity index (χ2n) is 3.82. The van der Waals surface area contributed by atoms with Gasteiger partial charge in [-0.1, -0.05) is 13.0 Å². The van der Waals surface area contributed by atoms with Crippen LogP contribution >= 0.6 is 0 Å². The van der Waals surface area contributed by atoms with Gasteiger partial charge >= 0.3 is 0 Å². The van der Waals surface area contributed by atoms with Gasteiger partial charge in [0.25, 0.3) is 0 Å². The molecular formula is C11H15N3O. The van der Waals surface area contributed by atoms with Crippen molar-refractivity contribution in [1.82, 2.24) is 4.98 Å². The number of nitrogens with zero attached hydrogens (tertiary/aromatic N) is 1. The molecule has 0 radical (unpaired) electrons. The van der Waals surface area contributed by atoms with Crippen molar-refractivity contribution >= 4 is 11.1 Å². The Morgan fingerprint density at radius 3 is 3.00 bits per heavy atom. The lowest BCUT2D eigenvalue weighted by Gasteiger charge is -2.18. The summed E-state index contributed by atoms with van der Waals surface area (Å²) < 4.78 is 5.22. The van der Waals surface area contributed by atoms with Crippen LogP contribution < -0.4 is 11.5 Å². The highest BCUT2D eigenvalue weighted by atomic mass is 16.3. The Bertz CT molecular complexity index is 452. The number of aromatic nitrogens is 1. The lowest BCUT2D eigenvalue weighted by Crippen LogP contribution is -2.25. The van der Waals surface area contributed by atoms with Crippen molar-refractivity contribution in [3.63, 3.8) is 0 Å². The number of hydrogen-bond acceptors (Lipinski definition) is 4. The minimum absolute atomic E-state index is 0.0514. The molecule has 1 aromatic carbocycles. The van der Waals surface area contributed by atoms with Crippen LogP contribution in [0.2, 0.25) is 0 Å². The van der Waals surface area contributed by atoms with E-state index in [0.717, 1.165) is 16.7 Å². The van der Waals surface area contributed by atoms with Crippen LogP contribution in [-0.2, 0) is 0 Å². The van der Waals surface area contributed by atoms with Crippen LogP contribution in [0.4, 0.5) is 0 Å². The summed E-state index contributed by atoms with van der Waals surface area (Å²) in [6.45, 7) is 2.62. The van der Waals surface area contributed by atoms with E-state index in [-0.39, 0.29) is 12.0 Å².